The highest BCUT2D eigenvalue weighted by Crippen LogP contribution is 2.34. The lowest BCUT2D eigenvalue weighted by molar-refractivity contribution is -0.147. The molecule has 1 aliphatic carbocycles. The van der Waals surface area contributed by atoms with Crippen molar-refractivity contribution >= 4 is 35.4 Å². The maximum absolute atomic E-state index is 15.0. The molecule has 4 N–H and O–H groups in total. The first-order valence-corrected chi connectivity index (χ1v) is 31.4. The number of hydrogen-bond donors (Lipinski definition) is 4. The largest absolute Gasteiger partial charge is 0.491 e. The van der Waals surface area contributed by atoms with Gasteiger partial charge in [0, 0.05) is 75.9 Å². The molecule has 22 nitrogen and oxygen atoms in total. The molecular weight excluding hydrogens is 1180 g/mol. The Balaban J connectivity index is 0.734. The summed E-state index contributed by atoms with van der Waals surface area (Å²) in [6.07, 6.45) is 6.62. The van der Waals surface area contributed by atoms with E-state index in [2.05, 4.69) is 47.5 Å². The van der Waals surface area contributed by atoms with Gasteiger partial charge in [-0.15, -0.1) is 10.2 Å². The van der Waals surface area contributed by atoms with Crippen LogP contribution in [-0.4, -0.2) is 154 Å². The van der Waals surface area contributed by atoms with Gasteiger partial charge in [0.15, 0.2) is 11.6 Å². The van der Waals surface area contributed by atoms with Crippen molar-refractivity contribution in [2.75, 3.05) is 71.8 Å². The van der Waals surface area contributed by atoms with Gasteiger partial charge in [-0.2, -0.15) is 0 Å². The number of halogens is 2. The van der Waals surface area contributed by atoms with E-state index < -0.39 is 64.6 Å². The number of ether oxygens (including phenoxy) is 6. The Morgan fingerprint density at radius 1 is 0.750 bits per heavy atom. The first-order valence-electron chi connectivity index (χ1n) is 31.4. The van der Waals surface area contributed by atoms with Crippen molar-refractivity contribution < 1.29 is 61.2 Å². The van der Waals surface area contributed by atoms with Gasteiger partial charge < -0.3 is 59.2 Å². The van der Waals surface area contributed by atoms with Crippen LogP contribution in [0, 0.1) is 17.0 Å². The number of fused-ring (bicyclic) bond motifs is 2. The molecule has 24 heteroatoms. The molecule has 8 rings (SSSR count). The number of carbonyl (C=O) groups excluding carboxylic acids is 5. The number of aromatic nitrogens is 5. The number of hydrogen-bond acceptors (Lipinski definition) is 16. The van der Waals surface area contributed by atoms with E-state index in [1.54, 1.807) is 69.1 Å². The molecule has 0 saturated carbocycles. The quantitative estimate of drug-likeness (QED) is 0.0297. The number of carbonyl (C=O) groups is 5. The van der Waals surface area contributed by atoms with Crippen LogP contribution in [0.4, 0.5) is 19.3 Å². The van der Waals surface area contributed by atoms with Crippen LogP contribution < -0.4 is 26.0 Å². The highest BCUT2D eigenvalue weighted by Gasteiger charge is 2.44. The summed E-state index contributed by atoms with van der Waals surface area (Å²) in [5.74, 6) is -1.41. The average molecular weight is 1270 g/mol. The van der Waals surface area contributed by atoms with Crippen LogP contribution in [0.5, 0.6) is 5.75 Å². The molecular formula is C68H87F2N11O11. The lowest BCUT2D eigenvalue weighted by atomic mass is 9.83. The van der Waals surface area contributed by atoms with Gasteiger partial charge in [-0.25, -0.2) is 23.5 Å². The van der Waals surface area contributed by atoms with E-state index in [9.17, 15) is 28.0 Å². The zero-order valence-electron chi connectivity index (χ0n) is 53.9. The minimum Gasteiger partial charge on any atom is -0.491 e. The Labute approximate surface area is 536 Å². The van der Waals surface area contributed by atoms with E-state index in [0.29, 0.717) is 107 Å². The molecule has 0 saturated heterocycles. The Morgan fingerprint density at radius 2 is 1.45 bits per heavy atom. The maximum Gasteiger partial charge on any atom is 0.410 e. The zero-order chi connectivity index (χ0) is 65.8. The van der Waals surface area contributed by atoms with Crippen LogP contribution in [0.1, 0.15) is 124 Å². The van der Waals surface area contributed by atoms with Gasteiger partial charge >= 0.3 is 6.09 Å². The van der Waals surface area contributed by atoms with Gasteiger partial charge in [0.1, 0.15) is 59.7 Å². The van der Waals surface area contributed by atoms with Crippen LogP contribution in [-0.2, 0) is 77.1 Å². The molecule has 0 bridgehead atoms. The van der Waals surface area contributed by atoms with Crippen LogP contribution in [0.2, 0.25) is 0 Å². The minimum absolute atomic E-state index is 0.0918. The normalized spacial score (nSPS) is 15.3. The van der Waals surface area contributed by atoms with Crippen molar-refractivity contribution in [1.29, 1.82) is 0 Å². The third-order valence-electron chi connectivity index (χ3n) is 15.8. The molecule has 92 heavy (non-hydrogen) atoms. The van der Waals surface area contributed by atoms with E-state index in [-0.39, 0.29) is 50.2 Å². The molecule has 2 aromatic heterocycles. The first-order chi connectivity index (χ1) is 44.1. The van der Waals surface area contributed by atoms with Crippen molar-refractivity contribution in [3.63, 3.8) is 0 Å². The summed E-state index contributed by atoms with van der Waals surface area (Å²) in [5.41, 5.74) is 3.76. The van der Waals surface area contributed by atoms with Gasteiger partial charge in [-0.3, -0.25) is 24.1 Å². The monoisotopic (exact) mass is 1270 g/mol. The Hall–Kier alpha value is -8.45. The number of nitrogens with one attached hydrogen (secondary N) is 4. The van der Waals surface area contributed by atoms with E-state index in [0.717, 1.165) is 48.1 Å². The second-order valence-electron chi connectivity index (χ2n) is 24.9. The molecule has 3 heterocycles. The van der Waals surface area contributed by atoms with Gasteiger partial charge in [0.2, 0.25) is 17.7 Å². The molecule has 0 fully saturated rings. The van der Waals surface area contributed by atoms with Crippen molar-refractivity contribution in [3.8, 4) is 17.3 Å². The Bertz CT molecular complexity index is 3410. The number of anilines is 1. The Kier molecular flexibility index (Phi) is 25.1. The molecule has 5 amide bonds. The lowest BCUT2D eigenvalue weighted by Gasteiger charge is -2.42. The Morgan fingerprint density at radius 3 is 2.16 bits per heavy atom. The van der Waals surface area contributed by atoms with Gasteiger partial charge in [-0.1, -0.05) is 63.2 Å². The summed E-state index contributed by atoms with van der Waals surface area (Å²) in [4.78, 5) is 80.5. The minimum atomic E-state index is -1.06. The number of rotatable bonds is 31. The van der Waals surface area contributed by atoms with Crippen LogP contribution >= 0.6 is 0 Å². The smallest absolute Gasteiger partial charge is 0.410 e. The number of amides is 5. The number of nitrogens with zero attached hydrogens (tertiary/aromatic N) is 7. The third-order valence-corrected chi connectivity index (χ3v) is 15.8. The van der Waals surface area contributed by atoms with Gasteiger partial charge in [0.05, 0.1) is 45.6 Å². The summed E-state index contributed by atoms with van der Waals surface area (Å²) in [5, 5.41) is 21.0. The molecule has 494 valence electrons. The molecule has 0 spiro atoms. The van der Waals surface area contributed by atoms with Crippen molar-refractivity contribution in [2.45, 2.75) is 143 Å². The lowest BCUT2D eigenvalue weighted by Crippen LogP contribution is -2.62. The molecule has 0 radical (unpaired) electrons. The predicted octanol–water partition coefficient (Wildman–Crippen LogP) is 8.71. The number of likely N-dealkylation sites (N-methyl/N-ethyl adjacent to an activating group) is 1. The number of aryl methyl sites for hydroxylation is 1. The van der Waals surface area contributed by atoms with E-state index in [4.69, 9.17) is 28.4 Å². The van der Waals surface area contributed by atoms with E-state index in [1.165, 1.54) is 29.9 Å². The highest BCUT2D eigenvalue weighted by atomic mass is 19.1. The van der Waals surface area contributed by atoms with E-state index in [1.807, 2.05) is 61.7 Å². The fourth-order valence-electron chi connectivity index (χ4n) is 10.7. The zero-order valence-corrected chi connectivity index (χ0v) is 53.9. The maximum atomic E-state index is 15.0. The topological polar surface area (TPSA) is 252 Å². The summed E-state index contributed by atoms with van der Waals surface area (Å²) in [6.45, 7) is 16.5. The van der Waals surface area contributed by atoms with Crippen molar-refractivity contribution in [3.05, 3.63) is 154 Å². The molecule has 6 aromatic rings. The van der Waals surface area contributed by atoms with Gasteiger partial charge in [-0.05, 0) is 136 Å². The summed E-state index contributed by atoms with van der Waals surface area (Å²) >= 11 is 0. The molecule has 1 unspecified atom stereocenters. The molecule has 2 aliphatic rings. The predicted molar refractivity (Wildman–Crippen MR) is 340 cm³/mol. The van der Waals surface area contributed by atoms with Crippen molar-refractivity contribution in [1.82, 2.24) is 50.5 Å². The van der Waals surface area contributed by atoms with Crippen LogP contribution in [0.15, 0.2) is 104 Å². The summed E-state index contributed by atoms with van der Waals surface area (Å²) in [7, 11) is 1.48. The second kappa shape index (κ2) is 33.2. The standard InChI is InChI=1S/C68H87F2N11O11/c1-45(79(8)66(86)92-68(5,6)7)62(82)76-60(67(2,3)4)65(85)81-43-49-39-51(25-24-47(49)40-58(81)64(84)75-56-23-12-17-46-16-9-10-20-52(46)56)91-37-36-90-35-34-89-33-32-88-31-15-30-87-29-14-28-80-59(77-78-61(80)57-26-27-71-44-74-57)42-72-50-19-11-18-48(38-50)63(83)73-41-53-54(69)21-13-22-55(53)70/h9-11,13,16,18-22,24-27,38-39,44-45,56,58,60,72H,12,14-15,17,23,28-37,40-43H2,1-8H3,(H,73,83)(H,75,84)(H,76,82)/t45-,56+,58?,60+/m0/s1. The SMILES string of the molecule is C[C@@H](C(=O)N[C@H](C(=O)N1Cc2cc(OCCOCCOCCOCCCOCCCn3c(CNc4cccc(C(=O)NCc5c(F)cccc5F)c4)nnc3-c3ccncn3)ccc2CC1C(=O)N[C@@H]1CCCc2ccccc21)C(C)(C)C)N(C)C(=O)OC(C)(C)C. The van der Waals surface area contributed by atoms with Crippen molar-refractivity contribution in [2.24, 2.45) is 5.41 Å². The average Bonchev–Trinajstić information content (AvgIpc) is 0.952. The molecule has 4 aromatic carbocycles. The highest BCUT2D eigenvalue weighted by molar-refractivity contribution is 5.96. The van der Waals surface area contributed by atoms with Crippen LogP contribution in [0.25, 0.3) is 11.5 Å². The summed E-state index contributed by atoms with van der Waals surface area (Å²) < 4.78 is 65.1. The second-order valence-corrected chi connectivity index (χ2v) is 24.9. The first kappa shape index (κ1) is 69.4. The molecule has 4 atom stereocenters. The fourth-order valence-corrected chi connectivity index (χ4v) is 10.7. The third kappa shape index (κ3) is 19.8. The molecule has 1 aliphatic heterocycles. The number of benzene rings is 4. The van der Waals surface area contributed by atoms with Gasteiger partial charge in [0.25, 0.3) is 5.91 Å². The van der Waals surface area contributed by atoms with Crippen LogP contribution in [0.3, 0.4) is 0 Å². The summed E-state index contributed by atoms with van der Waals surface area (Å²) in [6, 6.07) is 22.8. The van der Waals surface area contributed by atoms with E-state index >= 15 is 4.79 Å². The fraction of sp³-hybridized carbons (Fsp3) is 0.485.